The van der Waals surface area contributed by atoms with Crippen molar-refractivity contribution in [3.63, 3.8) is 0 Å². The first-order chi connectivity index (χ1) is 20.2. The van der Waals surface area contributed by atoms with Gasteiger partial charge in [-0.3, -0.25) is 10.3 Å². The second kappa shape index (κ2) is 13.1. The molecule has 19 heteroatoms. The average Bonchev–Trinajstić information content (AvgIpc) is 2.91. The molecule has 1 atom stereocenters. The molecule has 0 bridgehead atoms. The smallest absolute Gasteiger partial charge is 0.416 e. The summed E-state index contributed by atoms with van der Waals surface area (Å²) in [7, 11) is -6.94. The van der Waals surface area contributed by atoms with Crippen LogP contribution in [0.3, 0.4) is 0 Å². The molecule has 0 amide bonds. The molecule has 0 spiro atoms. The molecule has 0 aliphatic carbocycles. The fourth-order valence-electron chi connectivity index (χ4n) is 3.79. The van der Waals surface area contributed by atoms with Crippen molar-refractivity contribution >= 4 is 31.9 Å². The maximum atomic E-state index is 13.3. The zero-order valence-corrected chi connectivity index (χ0v) is 24.5. The summed E-state index contributed by atoms with van der Waals surface area (Å²) in [6, 6.07) is 8.90. The lowest BCUT2D eigenvalue weighted by Gasteiger charge is -2.19. The van der Waals surface area contributed by atoms with Crippen molar-refractivity contribution in [1.82, 2.24) is 10.3 Å². The van der Waals surface area contributed by atoms with Gasteiger partial charge in [-0.05, 0) is 54.1 Å². The van der Waals surface area contributed by atoms with Crippen molar-refractivity contribution in [2.45, 2.75) is 34.9 Å². The van der Waals surface area contributed by atoms with Gasteiger partial charge in [0.15, 0.2) is 9.84 Å². The Morgan fingerprint density at radius 2 is 1.70 bits per heavy atom. The predicted molar refractivity (Wildman–Crippen MR) is 149 cm³/mol. The van der Waals surface area contributed by atoms with Crippen molar-refractivity contribution in [2.75, 3.05) is 25.2 Å². The third-order valence-corrected chi connectivity index (χ3v) is 7.82. The highest BCUT2D eigenvalue weighted by Gasteiger charge is 2.32. The Morgan fingerprint density at radius 1 is 1.02 bits per heavy atom. The van der Waals surface area contributed by atoms with Crippen molar-refractivity contribution in [3.8, 4) is 17.0 Å². The minimum absolute atomic E-state index is 0.0470. The van der Waals surface area contributed by atoms with Crippen LogP contribution in [0.15, 0.2) is 63.3 Å². The van der Waals surface area contributed by atoms with Gasteiger partial charge in [-0.15, -0.1) is 0 Å². The van der Waals surface area contributed by atoms with Crippen LogP contribution in [0.25, 0.3) is 11.3 Å². The van der Waals surface area contributed by atoms with Crippen molar-refractivity contribution < 1.29 is 47.9 Å². The Hall–Kier alpha value is -3.78. The second-order valence-corrected chi connectivity index (χ2v) is 12.8. The monoisotopic (exact) mass is 668 g/mol. The van der Waals surface area contributed by atoms with Crippen molar-refractivity contribution in [3.05, 3.63) is 65.4 Å². The molecule has 11 nitrogen and oxygen atoms in total. The molecule has 0 aliphatic heterocycles. The molecule has 0 saturated carbocycles. The van der Waals surface area contributed by atoms with Gasteiger partial charge in [0.05, 0.1) is 54.1 Å². The summed E-state index contributed by atoms with van der Waals surface area (Å²) in [5.41, 5.74) is 4.85. The maximum absolute atomic E-state index is 13.3. The molecular weight excluding hydrogens is 642 g/mol. The summed E-state index contributed by atoms with van der Waals surface area (Å²) < 4.78 is 131. The van der Waals surface area contributed by atoms with E-state index in [-0.39, 0.29) is 38.8 Å². The normalized spacial score (nSPS) is 13.7. The van der Waals surface area contributed by atoms with Crippen LogP contribution in [0.5, 0.6) is 5.75 Å². The molecule has 1 heterocycles. The van der Waals surface area contributed by atoms with E-state index in [1.54, 1.807) is 0 Å². The van der Waals surface area contributed by atoms with Crippen molar-refractivity contribution in [1.29, 1.82) is 0 Å². The first kappa shape index (κ1) is 34.7. The van der Waals surface area contributed by atoms with Crippen LogP contribution in [0.2, 0.25) is 0 Å². The fourth-order valence-corrected chi connectivity index (χ4v) is 5.25. The van der Waals surface area contributed by atoms with E-state index in [4.69, 9.17) is 15.6 Å². The summed E-state index contributed by atoms with van der Waals surface area (Å²) in [5, 5.41) is 9.72. The van der Waals surface area contributed by atoms with Gasteiger partial charge >= 0.3 is 12.4 Å². The minimum Gasteiger partial charge on any atom is -0.495 e. The number of aromatic nitrogens is 1. The van der Waals surface area contributed by atoms with E-state index in [1.807, 2.05) is 0 Å². The van der Waals surface area contributed by atoms with E-state index < -0.39 is 61.9 Å². The predicted octanol–water partition coefficient (Wildman–Crippen LogP) is 3.58. The Bertz CT molecular complexity index is 1760. The number of halogens is 6. The number of sulfonamides is 1. The van der Waals surface area contributed by atoms with Gasteiger partial charge in [0.1, 0.15) is 16.8 Å². The number of ether oxygens (including phenoxy) is 1. The molecule has 3 aromatic rings. The van der Waals surface area contributed by atoms with Crippen LogP contribution in [0.1, 0.15) is 23.0 Å². The Morgan fingerprint density at radius 3 is 2.27 bits per heavy atom. The Balaban J connectivity index is 1.96. The van der Waals surface area contributed by atoms with E-state index in [9.17, 15) is 43.2 Å². The van der Waals surface area contributed by atoms with E-state index >= 15 is 0 Å². The number of anilines is 1. The number of aliphatic imine (C=N–C) groups is 1. The van der Waals surface area contributed by atoms with Crippen LogP contribution in [0, 0.1) is 0 Å². The van der Waals surface area contributed by atoms with Gasteiger partial charge in [-0.25, -0.2) is 27.0 Å². The molecule has 240 valence electrons. The van der Waals surface area contributed by atoms with Gasteiger partial charge in [-0.1, -0.05) is 0 Å². The lowest BCUT2D eigenvalue weighted by atomic mass is 10.1. The summed E-state index contributed by atoms with van der Waals surface area (Å²) in [5.74, 6) is 0.0615. The van der Waals surface area contributed by atoms with Gasteiger partial charge in [0.25, 0.3) is 0 Å². The maximum Gasteiger partial charge on any atom is 0.416 e. The first-order valence-corrected chi connectivity index (χ1v) is 15.6. The number of benzene rings is 2. The largest absolute Gasteiger partial charge is 0.495 e. The highest BCUT2D eigenvalue weighted by molar-refractivity contribution is 7.90. The van der Waals surface area contributed by atoms with Crippen molar-refractivity contribution in [2.24, 2.45) is 15.9 Å². The third kappa shape index (κ3) is 9.36. The van der Waals surface area contributed by atoms with Gasteiger partial charge in [0.2, 0.25) is 10.0 Å². The van der Waals surface area contributed by atoms with Gasteiger partial charge in [0, 0.05) is 11.8 Å². The molecule has 0 aliphatic rings. The number of nitrogens with zero attached hydrogens (tertiary/aromatic N) is 2. The quantitative estimate of drug-likeness (QED) is 0.103. The van der Waals surface area contributed by atoms with Gasteiger partial charge in [-0.2, -0.15) is 26.3 Å². The summed E-state index contributed by atoms with van der Waals surface area (Å²) in [4.78, 5) is 7.31. The molecule has 2 aromatic carbocycles. The zero-order chi connectivity index (χ0) is 33.1. The number of sulfone groups is 1. The van der Waals surface area contributed by atoms with Crippen LogP contribution in [-0.2, 0) is 32.6 Å². The molecule has 0 radical (unpaired) electrons. The van der Waals surface area contributed by atoms with E-state index in [2.05, 4.69) is 20.6 Å². The van der Waals surface area contributed by atoms with Crippen LogP contribution >= 0.6 is 0 Å². The summed E-state index contributed by atoms with van der Waals surface area (Å²) in [6.45, 7) is -1.92. The van der Waals surface area contributed by atoms with Crippen LogP contribution in [0.4, 0.5) is 32.0 Å². The number of nitrogens with two attached hydrogens (primary N) is 2. The number of rotatable bonds is 11. The molecule has 1 unspecified atom stereocenters. The topological polar surface area (TPSA) is 179 Å². The molecule has 0 fully saturated rings. The fraction of sp³-hybridized carbons (Fsp3) is 0.280. The summed E-state index contributed by atoms with van der Waals surface area (Å²) >= 11 is 0. The highest BCUT2D eigenvalue weighted by Crippen LogP contribution is 2.33. The van der Waals surface area contributed by atoms with E-state index in [1.165, 1.54) is 37.4 Å². The third-order valence-electron chi connectivity index (χ3n) is 5.81. The van der Waals surface area contributed by atoms with Crippen LogP contribution < -0.4 is 26.2 Å². The van der Waals surface area contributed by atoms with Gasteiger partial charge < -0.3 is 15.8 Å². The summed E-state index contributed by atoms with van der Waals surface area (Å²) in [6.07, 6.45) is -9.02. The number of alkyl halides is 6. The number of hydrogen-bond donors (Lipinski definition) is 4. The molecule has 44 heavy (non-hydrogen) atoms. The number of hydrogen-bond acceptors (Lipinski definition) is 9. The number of nitrogens with one attached hydrogen (secondary N) is 2. The molecule has 6 N–H and O–H groups in total. The Labute approximate surface area is 248 Å². The molecule has 0 saturated heterocycles. The first-order valence-electron chi connectivity index (χ1n) is 12.1. The zero-order valence-electron chi connectivity index (χ0n) is 22.9. The van der Waals surface area contributed by atoms with E-state index in [0.29, 0.717) is 12.1 Å². The molecule has 3 rings (SSSR count). The SMILES string of the molecule is COc1ccc(-c2ccc(NC=NCc3cc(C(F)(F)F)cc(S(N)(=O)=O)c3)c(C(N)NCC(F)(F)F)n2)cc1S(C)(=O)=O. The second-order valence-electron chi connectivity index (χ2n) is 9.26. The standard InChI is InChI=1S/C25H26F6N6O5S2/c1-42-20-6-3-15(9-21(20)43(2,38)39)18-4-5-19(22(37-18)23(32)35-12-24(26,27)28)36-13-34-11-14-7-16(25(29,30)31)10-17(8-14)44(33,40)41/h3-10,13,23,35H,11-12,32H2,1-2H3,(H,34,36)(H2,33,40,41). The number of methoxy groups -OCH3 is 1. The number of pyridine rings is 1. The van der Waals surface area contributed by atoms with E-state index in [0.717, 1.165) is 18.7 Å². The average molecular weight is 669 g/mol. The minimum atomic E-state index is -4.87. The Kier molecular flexibility index (Phi) is 10.3. The highest BCUT2D eigenvalue weighted by atomic mass is 32.2. The lowest BCUT2D eigenvalue weighted by molar-refractivity contribution is -0.137. The van der Waals surface area contributed by atoms with Crippen LogP contribution in [-0.4, -0.2) is 54.2 Å². The lowest BCUT2D eigenvalue weighted by Crippen LogP contribution is -2.37. The molecule has 1 aromatic heterocycles. The number of primary sulfonamides is 1. The molecular formula is C25H26F6N6O5S2.